The molecule has 110 valence electrons. The number of carbonyl (C=O) groups excluding carboxylic acids is 1. The second-order valence-corrected chi connectivity index (χ2v) is 6.04. The fourth-order valence-corrected chi connectivity index (χ4v) is 2.35. The Labute approximate surface area is 121 Å². The van der Waals surface area contributed by atoms with Crippen molar-refractivity contribution in [3.8, 4) is 0 Å². The second-order valence-electron chi connectivity index (χ2n) is 4.48. The molecule has 0 saturated carbocycles. The molecule has 2 rings (SSSR count). The number of hydrogen-bond acceptors (Lipinski definition) is 3. The van der Waals surface area contributed by atoms with Crippen molar-refractivity contribution in [2.24, 2.45) is 5.14 Å². The number of benzene rings is 2. The average molecular weight is 308 g/mol. The third kappa shape index (κ3) is 3.65. The van der Waals surface area contributed by atoms with Crippen molar-refractivity contribution in [3.05, 3.63) is 59.4 Å². The zero-order chi connectivity index (χ0) is 15.6. The van der Waals surface area contributed by atoms with Crippen molar-refractivity contribution in [2.45, 2.75) is 11.8 Å². The zero-order valence-electron chi connectivity index (χ0n) is 11.1. The molecule has 0 aliphatic carbocycles. The predicted molar refractivity (Wildman–Crippen MR) is 76.9 cm³/mol. The van der Waals surface area contributed by atoms with Crippen molar-refractivity contribution < 1.29 is 17.6 Å². The van der Waals surface area contributed by atoms with Crippen LogP contribution in [0.5, 0.6) is 0 Å². The largest absolute Gasteiger partial charge is 0.322 e. The molecule has 0 bridgehead atoms. The fourth-order valence-electron chi connectivity index (χ4n) is 1.75. The molecule has 0 atom stereocenters. The first-order chi connectivity index (χ1) is 9.77. The standard InChI is InChI=1S/C14H13FN2O3S/c1-9-8-12(21(16,19)20)6-7-13(9)17-14(18)10-2-4-11(15)5-3-10/h2-8H,1H3,(H,17,18)(H2,16,19,20). The van der Waals surface area contributed by atoms with E-state index in [2.05, 4.69) is 5.32 Å². The number of halogens is 1. The SMILES string of the molecule is Cc1cc(S(N)(=O)=O)ccc1NC(=O)c1ccc(F)cc1. The van der Waals surface area contributed by atoms with Crippen LogP contribution in [0.3, 0.4) is 0 Å². The number of rotatable bonds is 3. The van der Waals surface area contributed by atoms with Gasteiger partial charge in [0.1, 0.15) is 5.82 Å². The molecule has 0 unspecified atom stereocenters. The van der Waals surface area contributed by atoms with Gasteiger partial charge in [0, 0.05) is 11.3 Å². The van der Waals surface area contributed by atoms with E-state index in [1.807, 2.05) is 0 Å². The Hall–Kier alpha value is -2.25. The molecule has 0 heterocycles. The highest BCUT2D eigenvalue weighted by Gasteiger charge is 2.12. The van der Waals surface area contributed by atoms with Crippen LogP contribution in [0.1, 0.15) is 15.9 Å². The highest BCUT2D eigenvalue weighted by atomic mass is 32.2. The third-order valence-electron chi connectivity index (χ3n) is 2.88. The first-order valence-corrected chi connectivity index (χ1v) is 7.52. The number of aryl methyl sites for hydroxylation is 1. The number of sulfonamides is 1. The van der Waals surface area contributed by atoms with Gasteiger partial charge in [0.05, 0.1) is 4.90 Å². The normalized spacial score (nSPS) is 11.2. The van der Waals surface area contributed by atoms with Gasteiger partial charge in [-0.15, -0.1) is 0 Å². The van der Waals surface area contributed by atoms with Gasteiger partial charge in [0.2, 0.25) is 10.0 Å². The highest BCUT2D eigenvalue weighted by molar-refractivity contribution is 7.89. The van der Waals surface area contributed by atoms with E-state index in [1.54, 1.807) is 6.92 Å². The molecule has 1 amide bonds. The van der Waals surface area contributed by atoms with Crippen LogP contribution in [-0.2, 0) is 10.0 Å². The molecule has 2 aromatic carbocycles. The van der Waals surface area contributed by atoms with Gasteiger partial charge in [0.25, 0.3) is 5.91 Å². The van der Waals surface area contributed by atoms with Crippen LogP contribution >= 0.6 is 0 Å². The first kappa shape index (κ1) is 15.1. The Kier molecular flexibility index (Phi) is 4.06. The maximum Gasteiger partial charge on any atom is 0.255 e. The third-order valence-corrected chi connectivity index (χ3v) is 3.79. The maximum absolute atomic E-state index is 12.8. The summed E-state index contributed by atoms with van der Waals surface area (Å²) >= 11 is 0. The molecule has 7 heteroatoms. The van der Waals surface area contributed by atoms with Crippen LogP contribution in [0.2, 0.25) is 0 Å². The van der Waals surface area contributed by atoms with Crippen LogP contribution in [0.15, 0.2) is 47.4 Å². The van der Waals surface area contributed by atoms with Crippen molar-refractivity contribution in [2.75, 3.05) is 5.32 Å². The first-order valence-electron chi connectivity index (χ1n) is 5.98. The molecule has 0 fully saturated rings. The summed E-state index contributed by atoms with van der Waals surface area (Å²) in [4.78, 5) is 12.0. The molecule has 0 aliphatic rings. The monoisotopic (exact) mass is 308 g/mol. The minimum Gasteiger partial charge on any atom is -0.322 e. The summed E-state index contributed by atoms with van der Waals surface area (Å²) in [6.45, 7) is 1.65. The lowest BCUT2D eigenvalue weighted by Gasteiger charge is -2.09. The van der Waals surface area contributed by atoms with Crippen LogP contribution in [-0.4, -0.2) is 14.3 Å². The molecular formula is C14H13FN2O3S. The number of hydrogen-bond donors (Lipinski definition) is 2. The average Bonchev–Trinajstić information content (AvgIpc) is 2.40. The van der Waals surface area contributed by atoms with Crippen molar-refractivity contribution >= 4 is 21.6 Å². The minimum absolute atomic E-state index is 0.0280. The van der Waals surface area contributed by atoms with Gasteiger partial charge < -0.3 is 5.32 Å². The topological polar surface area (TPSA) is 89.3 Å². The van der Waals surface area contributed by atoms with Gasteiger partial charge >= 0.3 is 0 Å². The molecule has 0 spiro atoms. The fraction of sp³-hybridized carbons (Fsp3) is 0.0714. The Bertz CT molecular complexity index is 786. The lowest BCUT2D eigenvalue weighted by Crippen LogP contribution is -2.15. The molecule has 0 aromatic heterocycles. The summed E-state index contributed by atoms with van der Waals surface area (Å²) in [5, 5.41) is 7.66. The van der Waals surface area contributed by atoms with Gasteiger partial charge in [-0.2, -0.15) is 0 Å². The van der Waals surface area contributed by atoms with E-state index < -0.39 is 21.7 Å². The smallest absolute Gasteiger partial charge is 0.255 e. The van der Waals surface area contributed by atoms with E-state index >= 15 is 0 Å². The molecule has 0 radical (unpaired) electrons. The molecule has 5 nitrogen and oxygen atoms in total. The van der Waals surface area contributed by atoms with Crippen LogP contribution in [0, 0.1) is 12.7 Å². The van der Waals surface area contributed by atoms with Crippen molar-refractivity contribution in [1.82, 2.24) is 0 Å². The number of anilines is 1. The van der Waals surface area contributed by atoms with Crippen molar-refractivity contribution in [3.63, 3.8) is 0 Å². The highest BCUT2D eigenvalue weighted by Crippen LogP contribution is 2.19. The lowest BCUT2D eigenvalue weighted by atomic mass is 10.1. The number of nitrogens with one attached hydrogen (secondary N) is 1. The van der Waals surface area contributed by atoms with Gasteiger partial charge in [0.15, 0.2) is 0 Å². The molecular weight excluding hydrogens is 295 g/mol. The summed E-state index contributed by atoms with van der Waals surface area (Å²) in [6.07, 6.45) is 0. The van der Waals surface area contributed by atoms with E-state index in [0.29, 0.717) is 16.8 Å². The van der Waals surface area contributed by atoms with Gasteiger partial charge in [-0.1, -0.05) is 0 Å². The Morgan fingerprint density at radius 1 is 1.14 bits per heavy atom. The molecule has 21 heavy (non-hydrogen) atoms. The Morgan fingerprint density at radius 2 is 1.76 bits per heavy atom. The Morgan fingerprint density at radius 3 is 2.29 bits per heavy atom. The zero-order valence-corrected chi connectivity index (χ0v) is 11.9. The van der Waals surface area contributed by atoms with Crippen LogP contribution in [0.25, 0.3) is 0 Å². The van der Waals surface area contributed by atoms with Crippen molar-refractivity contribution in [1.29, 1.82) is 0 Å². The second kappa shape index (κ2) is 5.63. The summed E-state index contributed by atoms with van der Waals surface area (Å²) in [5.74, 6) is -0.846. The van der Waals surface area contributed by atoms with E-state index in [1.165, 1.54) is 42.5 Å². The number of amides is 1. The summed E-state index contributed by atoms with van der Waals surface area (Å²) < 4.78 is 35.3. The summed E-state index contributed by atoms with van der Waals surface area (Å²) in [7, 11) is -3.78. The van der Waals surface area contributed by atoms with E-state index in [9.17, 15) is 17.6 Å². The van der Waals surface area contributed by atoms with E-state index in [-0.39, 0.29) is 4.90 Å². The van der Waals surface area contributed by atoms with Crippen LogP contribution < -0.4 is 10.5 Å². The van der Waals surface area contributed by atoms with Gasteiger partial charge in [-0.25, -0.2) is 17.9 Å². The van der Waals surface area contributed by atoms with Gasteiger partial charge in [-0.05, 0) is 55.0 Å². The number of nitrogens with two attached hydrogens (primary N) is 1. The molecule has 2 aromatic rings. The van der Waals surface area contributed by atoms with E-state index in [0.717, 1.165) is 0 Å². The maximum atomic E-state index is 12.8. The number of primary sulfonamides is 1. The number of carbonyl (C=O) groups is 1. The summed E-state index contributed by atoms with van der Waals surface area (Å²) in [6, 6.07) is 9.23. The summed E-state index contributed by atoms with van der Waals surface area (Å²) in [5.41, 5.74) is 1.31. The quantitative estimate of drug-likeness (QED) is 0.909. The minimum atomic E-state index is -3.78. The predicted octanol–water partition coefficient (Wildman–Crippen LogP) is 2.03. The van der Waals surface area contributed by atoms with Crippen LogP contribution in [0.4, 0.5) is 10.1 Å². The Balaban J connectivity index is 2.24. The van der Waals surface area contributed by atoms with E-state index in [4.69, 9.17) is 5.14 Å². The lowest BCUT2D eigenvalue weighted by molar-refractivity contribution is 0.102. The molecule has 0 aliphatic heterocycles. The molecule has 0 saturated heterocycles. The molecule has 3 N–H and O–H groups in total. The van der Waals surface area contributed by atoms with Gasteiger partial charge in [-0.3, -0.25) is 4.79 Å².